The maximum Gasteiger partial charge on any atom is 0.422 e. The monoisotopic (exact) mass is 511 g/mol. The molecule has 0 spiro atoms. The molecule has 4 aromatic rings. The summed E-state index contributed by atoms with van der Waals surface area (Å²) in [5.74, 6) is -7.57. The first-order chi connectivity index (χ1) is 17.0. The molecule has 2 heterocycles. The van der Waals surface area contributed by atoms with Crippen molar-refractivity contribution in [2.75, 3.05) is 6.61 Å². The Morgan fingerprint density at radius 2 is 1.67 bits per heavy atom. The molecule has 0 saturated carbocycles. The number of pyridine rings is 1. The van der Waals surface area contributed by atoms with E-state index in [1.54, 1.807) is 0 Å². The lowest BCUT2D eigenvalue weighted by atomic mass is 9.88. The molecule has 0 bridgehead atoms. The summed E-state index contributed by atoms with van der Waals surface area (Å²) in [5.41, 5.74) is -0.269. The summed E-state index contributed by atoms with van der Waals surface area (Å²) in [6.07, 6.45) is -2.48. The lowest BCUT2D eigenvalue weighted by Gasteiger charge is -2.27. The fourth-order valence-electron chi connectivity index (χ4n) is 3.49. The summed E-state index contributed by atoms with van der Waals surface area (Å²) in [5, 5.41) is 10.3. The number of ether oxygens (including phenoxy) is 1. The highest BCUT2D eigenvalue weighted by molar-refractivity contribution is 5.60. The van der Waals surface area contributed by atoms with E-state index in [9.17, 15) is 22.0 Å². The molecule has 0 N–H and O–H groups in total. The van der Waals surface area contributed by atoms with Crippen LogP contribution in [0.2, 0.25) is 0 Å². The van der Waals surface area contributed by atoms with Crippen molar-refractivity contribution < 1.29 is 35.5 Å². The maximum atomic E-state index is 15.7. The van der Waals surface area contributed by atoms with Gasteiger partial charge in [0.25, 0.3) is 5.92 Å². The van der Waals surface area contributed by atoms with Gasteiger partial charge in [0, 0.05) is 23.4 Å². The summed E-state index contributed by atoms with van der Waals surface area (Å²) in [6.45, 7) is -1.96. The third-order valence-corrected chi connectivity index (χ3v) is 5.24. The number of alkyl halides is 5. The number of hydrogen-bond donors (Lipinski definition) is 0. The van der Waals surface area contributed by atoms with Crippen LogP contribution in [-0.4, -0.2) is 38.0 Å². The minimum Gasteiger partial charge on any atom is -0.484 e. The van der Waals surface area contributed by atoms with E-state index in [1.165, 1.54) is 30.3 Å². The van der Waals surface area contributed by atoms with E-state index in [0.29, 0.717) is 11.6 Å². The SMILES string of the molecule is Fc1ccc(C(Cn2cnnn2)C(F)(F)c2ccc(-c3ccc(OCC(F)(F)F)cc3)nc2)c(F)c1. The van der Waals surface area contributed by atoms with Gasteiger partial charge in [-0.05, 0) is 58.5 Å². The zero-order valence-corrected chi connectivity index (χ0v) is 18.1. The molecule has 6 nitrogen and oxygen atoms in total. The predicted molar refractivity (Wildman–Crippen MR) is 112 cm³/mol. The molecule has 36 heavy (non-hydrogen) atoms. The quantitative estimate of drug-likeness (QED) is 0.291. The molecule has 0 aliphatic rings. The van der Waals surface area contributed by atoms with Crippen molar-refractivity contribution in [1.82, 2.24) is 25.2 Å². The highest BCUT2D eigenvalue weighted by Gasteiger charge is 2.44. The number of halogens is 7. The second-order valence-electron chi connectivity index (χ2n) is 7.73. The molecule has 0 fully saturated rings. The Morgan fingerprint density at radius 3 is 2.25 bits per heavy atom. The Balaban J connectivity index is 1.59. The van der Waals surface area contributed by atoms with Crippen LogP contribution in [0.1, 0.15) is 17.0 Å². The predicted octanol–water partition coefficient (Wildman–Crippen LogP) is 5.53. The van der Waals surface area contributed by atoms with Crippen LogP contribution in [-0.2, 0) is 12.5 Å². The van der Waals surface area contributed by atoms with Crippen molar-refractivity contribution in [2.24, 2.45) is 0 Å². The third-order valence-electron chi connectivity index (χ3n) is 5.24. The van der Waals surface area contributed by atoms with Crippen molar-refractivity contribution in [3.05, 3.63) is 89.9 Å². The summed E-state index contributed by atoms with van der Waals surface area (Å²) < 4.78 is 102. The highest BCUT2D eigenvalue weighted by Crippen LogP contribution is 2.44. The molecule has 0 saturated heterocycles. The lowest BCUT2D eigenvalue weighted by Crippen LogP contribution is -2.29. The zero-order chi connectivity index (χ0) is 25.9. The summed E-state index contributed by atoms with van der Waals surface area (Å²) in [6, 6.07) is 10.2. The van der Waals surface area contributed by atoms with Gasteiger partial charge in [0.2, 0.25) is 0 Å². The van der Waals surface area contributed by atoms with Crippen LogP contribution in [0.5, 0.6) is 5.75 Å². The van der Waals surface area contributed by atoms with Gasteiger partial charge >= 0.3 is 6.18 Å². The largest absolute Gasteiger partial charge is 0.484 e. The number of rotatable bonds is 8. The fraction of sp³-hybridized carbons (Fsp3) is 0.217. The van der Waals surface area contributed by atoms with Gasteiger partial charge < -0.3 is 4.74 Å². The number of aromatic nitrogens is 5. The second kappa shape index (κ2) is 9.91. The minimum atomic E-state index is -4.49. The van der Waals surface area contributed by atoms with Crippen LogP contribution in [0.15, 0.2) is 67.1 Å². The van der Waals surface area contributed by atoms with Gasteiger partial charge in [0.15, 0.2) is 6.61 Å². The second-order valence-corrected chi connectivity index (χ2v) is 7.73. The molecule has 0 radical (unpaired) electrons. The first-order valence-electron chi connectivity index (χ1n) is 10.3. The van der Waals surface area contributed by atoms with E-state index in [1.807, 2.05) is 0 Å². The first kappa shape index (κ1) is 25.1. The van der Waals surface area contributed by atoms with Gasteiger partial charge in [-0.15, -0.1) is 5.10 Å². The molecule has 188 valence electrons. The third kappa shape index (κ3) is 5.78. The van der Waals surface area contributed by atoms with E-state index in [0.717, 1.165) is 35.4 Å². The van der Waals surface area contributed by atoms with Crippen LogP contribution in [0.4, 0.5) is 30.7 Å². The molecular formula is C23H16F7N5O. The number of hydrogen-bond acceptors (Lipinski definition) is 5. The molecule has 0 aliphatic heterocycles. The molecule has 1 unspecified atom stereocenters. The van der Waals surface area contributed by atoms with Crippen molar-refractivity contribution >= 4 is 0 Å². The smallest absolute Gasteiger partial charge is 0.422 e. The first-order valence-corrected chi connectivity index (χ1v) is 10.3. The van der Waals surface area contributed by atoms with Gasteiger partial charge in [0.1, 0.15) is 23.7 Å². The number of benzene rings is 2. The highest BCUT2D eigenvalue weighted by atomic mass is 19.4. The van der Waals surface area contributed by atoms with Crippen molar-refractivity contribution in [3.8, 4) is 17.0 Å². The average molecular weight is 511 g/mol. The molecule has 2 aromatic carbocycles. The zero-order valence-electron chi connectivity index (χ0n) is 18.1. The summed E-state index contributed by atoms with van der Waals surface area (Å²) >= 11 is 0. The molecular weight excluding hydrogens is 495 g/mol. The molecule has 4 rings (SSSR count). The van der Waals surface area contributed by atoms with Crippen LogP contribution < -0.4 is 4.74 Å². The van der Waals surface area contributed by atoms with Crippen molar-refractivity contribution in [3.63, 3.8) is 0 Å². The van der Waals surface area contributed by atoms with Crippen LogP contribution in [0.3, 0.4) is 0 Å². The lowest BCUT2D eigenvalue weighted by molar-refractivity contribution is -0.153. The van der Waals surface area contributed by atoms with Crippen LogP contribution in [0, 0.1) is 11.6 Å². The number of nitrogens with zero attached hydrogens (tertiary/aromatic N) is 5. The van der Waals surface area contributed by atoms with Crippen LogP contribution >= 0.6 is 0 Å². The van der Waals surface area contributed by atoms with Gasteiger partial charge in [0.05, 0.1) is 18.2 Å². The van der Waals surface area contributed by atoms with Crippen LogP contribution in [0.25, 0.3) is 11.3 Å². The van der Waals surface area contributed by atoms with Gasteiger partial charge in [-0.25, -0.2) is 22.2 Å². The Kier molecular flexibility index (Phi) is 6.91. The topological polar surface area (TPSA) is 65.7 Å². The Morgan fingerprint density at radius 1 is 0.917 bits per heavy atom. The van der Waals surface area contributed by atoms with Crippen molar-refractivity contribution in [2.45, 2.75) is 24.6 Å². The standard InChI is InChI=1S/C23H16F7N5O/c24-16-4-7-18(20(25)9-16)19(11-35-13-32-33-34-35)23(29,30)15-3-8-21(31-10-15)14-1-5-17(6-2-14)36-12-22(26,27)28/h1-10,13,19H,11-12H2. The van der Waals surface area contributed by atoms with Gasteiger partial charge in [-0.3, -0.25) is 4.98 Å². The Labute approximate surface area is 199 Å². The molecule has 2 aromatic heterocycles. The van der Waals surface area contributed by atoms with Gasteiger partial charge in [-0.1, -0.05) is 6.07 Å². The molecule has 0 aliphatic carbocycles. The van der Waals surface area contributed by atoms with E-state index in [4.69, 9.17) is 0 Å². The van der Waals surface area contributed by atoms with E-state index >= 15 is 8.78 Å². The molecule has 1 atom stereocenters. The Hall–Kier alpha value is -4.03. The normalized spacial score (nSPS) is 13.0. The van der Waals surface area contributed by atoms with E-state index < -0.39 is 53.9 Å². The van der Waals surface area contributed by atoms with Crippen molar-refractivity contribution in [1.29, 1.82) is 0 Å². The Bertz CT molecular complexity index is 1290. The average Bonchev–Trinajstić information content (AvgIpc) is 3.35. The maximum absolute atomic E-state index is 15.7. The van der Waals surface area contributed by atoms with E-state index in [2.05, 4.69) is 25.2 Å². The number of tetrazole rings is 1. The summed E-state index contributed by atoms with van der Waals surface area (Å²) in [4.78, 5) is 4.04. The van der Waals surface area contributed by atoms with Gasteiger partial charge in [-0.2, -0.15) is 13.2 Å². The minimum absolute atomic E-state index is 0.0222. The fourth-order valence-corrected chi connectivity index (χ4v) is 3.49. The molecule has 13 heteroatoms. The molecule has 0 amide bonds. The van der Waals surface area contributed by atoms with E-state index in [-0.39, 0.29) is 11.4 Å². The summed E-state index contributed by atoms with van der Waals surface area (Å²) in [7, 11) is 0.